The van der Waals surface area contributed by atoms with Crippen LogP contribution in [0.25, 0.3) is 0 Å². The van der Waals surface area contributed by atoms with Crippen molar-refractivity contribution in [3.8, 4) is 6.07 Å². The molecular formula is C9H10N2O2S. The number of nitrogens with zero attached hydrogens (tertiary/aromatic N) is 2. The van der Waals surface area contributed by atoms with Gasteiger partial charge in [-0.1, -0.05) is 0 Å². The van der Waals surface area contributed by atoms with Gasteiger partial charge in [-0.25, -0.2) is 13.4 Å². The standard InChI is InChI=1S/C7H6N2O2S.C2H4/c1-12(10,11)7-3-2-6(4-8)9-5-7;1-2/h2-3,5H,1H3;1-2H2. The Morgan fingerprint density at radius 1 is 1.43 bits per heavy atom. The van der Waals surface area contributed by atoms with Crippen molar-refractivity contribution in [3.63, 3.8) is 0 Å². The molecule has 0 bridgehead atoms. The van der Waals surface area contributed by atoms with Crippen LogP contribution < -0.4 is 0 Å². The van der Waals surface area contributed by atoms with Crippen LogP contribution in [-0.2, 0) is 9.84 Å². The summed E-state index contributed by atoms with van der Waals surface area (Å²) in [6.07, 6.45) is 2.27. The number of pyridine rings is 1. The lowest BCUT2D eigenvalue weighted by atomic mass is 10.4. The van der Waals surface area contributed by atoms with Gasteiger partial charge in [0.2, 0.25) is 0 Å². The molecule has 0 radical (unpaired) electrons. The van der Waals surface area contributed by atoms with Gasteiger partial charge in [-0.15, -0.1) is 13.2 Å². The van der Waals surface area contributed by atoms with Crippen molar-refractivity contribution in [1.82, 2.24) is 4.98 Å². The minimum atomic E-state index is -3.20. The van der Waals surface area contributed by atoms with Crippen molar-refractivity contribution in [2.75, 3.05) is 6.26 Å². The SMILES string of the molecule is C=C.CS(=O)(=O)c1ccc(C#N)nc1. The molecule has 0 aromatic carbocycles. The van der Waals surface area contributed by atoms with Gasteiger partial charge < -0.3 is 0 Å². The Hall–Kier alpha value is -1.67. The Bertz CT molecular complexity index is 429. The molecule has 0 saturated heterocycles. The molecule has 1 aromatic heterocycles. The summed E-state index contributed by atoms with van der Waals surface area (Å²) in [4.78, 5) is 3.75. The summed E-state index contributed by atoms with van der Waals surface area (Å²) in [6, 6.07) is 4.53. The molecule has 1 heterocycles. The summed E-state index contributed by atoms with van der Waals surface area (Å²) in [7, 11) is -3.20. The van der Waals surface area contributed by atoms with E-state index in [0.29, 0.717) is 0 Å². The van der Waals surface area contributed by atoms with Gasteiger partial charge in [-0.2, -0.15) is 5.26 Å². The van der Waals surface area contributed by atoms with Gasteiger partial charge in [-0.3, -0.25) is 0 Å². The fourth-order valence-corrected chi connectivity index (χ4v) is 1.23. The molecule has 0 spiro atoms. The second-order valence-corrected chi connectivity index (χ2v) is 4.28. The predicted octanol–water partition coefficient (Wildman–Crippen LogP) is 1.16. The Kier molecular flexibility index (Phi) is 4.53. The predicted molar refractivity (Wildman–Crippen MR) is 53.3 cm³/mol. The molecular weight excluding hydrogens is 200 g/mol. The van der Waals surface area contributed by atoms with Crippen molar-refractivity contribution in [3.05, 3.63) is 37.2 Å². The number of hydrogen-bond donors (Lipinski definition) is 0. The summed E-state index contributed by atoms with van der Waals surface area (Å²) in [5, 5.41) is 8.37. The summed E-state index contributed by atoms with van der Waals surface area (Å²) in [5.74, 6) is 0. The zero-order valence-corrected chi connectivity index (χ0v) is 8.58. The van der Waals surface area contributed by atoms with E-state index < -0.39 is 9.84 Å². The van der Waals surface area contributed by atoms with E-state index in [-0.39, 0.29) is 10.6 Å². The summed E-state index contributed by atoms with van der Waals surface area (Å²) < 4.78 is 21.8. The van der Waals surface area contributed by atoms with Crippen molar-refractivity contribution in [2.24, 2.45) is 0 Å². The molecule has 1 aromatic rings. The van der Waals surface area contributed by atoms with Gasteiger partial charge in [0.15, 0.2) is 9.84 Å². The third-order valence-electron chi connectivity index (χ3n) is 1.28. The first kappa shape index (κ1) is 12.3. The molecule has 14 heavy (non-hydrogen) atoms. The number of hydrogen-bond acceptors (Lipinski definition) is 4. The van der Waals surface area contributed by atoms with Gasteiger partial charge in [0.05, 0.1) is 4.90 Å². The smallest absolute Gasteiger partial charge is 0.177 e. The largest absolute Gasteiger partial charge is 0.244 e. The molecule has 0 aliphatic carbocycles. The first-order valence-electron chi connectivity index (χ1n) is 3.60. The molecule has 0 aliphatic heterocycles. The molecule has 1 rings (SSSR count). The van der Waals surface area contributed by atoms with Crippen LogP contribution in [0.3, 0.4) is 0 Å². The molecule has 0 aliphatic rings. The van der Waals surface area contributed by atoms with Crippen LogP contribution >= 0.6 is 0 Å². The normalized spacial score (nSPS) is 9.43. The Morgan fingerprint density at radius 2 is 2.00 bits per heavy atom. The van der Waals surface area contributed by atoms with Crippen molar-refractivity contribution in [2.45, 2.75) is 4.90 Å². The van der Waals surface area contributed by atoms with E-state index in [1.165, 1.54) is 18.3 Å². The van der Waals surface area contributed by atoms with E-state index in [1.54, 1.807) is 6.07 Å². The number of nitriles is 1. The van der Waals surface area contributed by atoms with Crippen LogP contribution in [0.5, 0.6) is 0 Å². The van der Waals surface area contributed by atoms with Crippen molar-refractivity contribution >= 4 is 9.84 Å². The lowest BCUT2D eigenvalue weighted by Gasteiger charge is -1.94. The van der Waals surface area contributed by atoms with E-state index >= 15 is 0 Å². The minimum Gasteiger partial charge on any atom is -0.244 e. The highest BCUT2D eigenvalue weighted by molar-refractivity contribution is 7.90. The average Bonchev–Trinajstić information content (AvgIpc) is 2.20. The van der Waals surface area contributed by atoms with Crippen LogP contribution in [0.15, 0.2) is 36.4 Å². The van der Waals surface area contributed by atoms with Crippen LogP contribution in [0.2, 0.25) is 0 Å². The first-order valence-corrected chi connectivity index (χ1v) is 5.49. The molecule has 0 N–H and O–H groups in total. The molecule has 0 atom stereocenters. The summed E-state index contributed by atoms with van der Waals surface area (Å²) in [6.45, 7) is 6.00. The lowest BCUT2D eigenvalue weighted by Crippen LogP contribution is -1.97. The van der Waals surface area contributed by atoms with Crippen LogP contribution in [0, 0.1) is 11.3 Å². The fourth-order valence-electron chi connectivity index (χ4n) is 0.666. The Balaban J connectivity index is 0.000000791. The zero-order valence-electron chi connectivity index (χ0n) is 7.77. The van der Waals surface area contributed by atoms with Crippen LogP contribution in [0.4, 0.5) is 0 Å². The second-order valence-electron chi connectivity index (χ2n) is 2.26. The highest BCUT2D eigenvalue weighted by atomic mass is 32.2. The van der Waals surface area contributed by atoms with E-state index in [9.17, 15) is 8.42 Å². The number of aromatic nitrogens is 1. The Labute approximate surface area is 83.4 Å². The van der Waals surface area contributed by atoms with E-state index in [2.05, 4.69) is 18.1 Å². The van der Waals surface area contributed by atoms with Crippen molar-refractivity contribution < 1.29 is 8.42 Å². The quantitative estimate of drug-likeness (QED) is 0.652. The second kappa shape index (κ2) is 5.14. The highest BCUT2D eigenvalue weighted by Crippen LogP contribution is 2.06. The minimum absolute atomic E-state index is 0.126. The zero-order chi connectivity index (χ0) is 11.2. The monoisotopic (exact) mass is 210 g/mol. The third-order valence-corrected chi connectivity index (χ3v) is 2.38. The lowest BCUT2D eigenvalue weighted by molar-refractivity contribution is 0.601. The van der Waals surface area contributed by atoms with Crippen LogP contribution in [-0.4, -0.2) is 19.7 Å². The maximum absolute atomic E-state index is 10.9. The maximum Gasteiger partial charge on any atom is 0.177 e. The van der Waals surface area contributed by atoms with E-state index in [0.717, 1.165) is 6.26 Å². The first-order chi connectivity index (χ1) is 6.54. The van der Waals surface area contributed by atoms with Gasteiger partial charge in [0.25, 0.3) is 0 Å². The molecule has 0 unspecified atom stereocenters. The Morgan fingerprint density at radius 3 is 2.29 bits per heavy atom. The molecule has 0 fully saturated rings. The van der Waals surface area contributed by atoms with Gasteiger partial charge in [0.1, 0.15) is 11.8 Å². The van der Waals surface area contributed by atoms with E-state index in [4.69, 9.17) is 5.26 Å². The third kappa shape index (κ3) is 3.37. The number of sulfone groups is 1. The van der Waals surface area contributed by atoms with Gasteiger partial charge in [0, 0.05) is 12.5 Å². The molecule has 0 saturated carbocycles. The van der Waals surface area contributed by atoms with E-state index in [1.807, 2.05) is 0 Å². The molecule has 5 heteroatoms. The number of rotatable bonds is 1. The summed E-state index contributed by atoms with van der Waals surface area (Å²) in [5.41, 5.74) is 0.211. The average molecular weight is 210 g/mol. The summed E-state index contributed by atoms with van der Waals surface area (Å²) >= 11 is 0. The molecule has 0 amide bonds. The highest BCUT2D eigenvalue weighted by Gasteiger charge is 2.06. The van der Waals surface area contributed by atoms with Gasteiger partial charge in [-0.05, 0) is 12.1 Å². The topological polar surface area (TPSA) is 70.8 Å². The maximum atomic E-state index is 10.9. The van der Waals surface area contributed by atoms with Crippen LogP contribution in [0.1, 0.15) is 5.69 Å². The molecule has 74 valence electrons. The molecule has 4 nitrogen and oxygen atoms in total. The van der Waals surface area contributed by atoms with Crippen molar-refractivity contribution in [1.29, 1.82) is 5.26 Å². The van der Waals surface area contributed by atoms with Gasteiger partial charge >= 0.3 is 0 Å². The fraction of sp³-hybridized carbons (Fsp3) is 0.111.